The molecule has 0 bridgehead atoms. The van der Waals surface area contributed by atoms with Gasteiger partial charge in [0.25, 0.3) is 0 Å². The summed E-state index contributed by atoms with van der Waals surface area (Å²) in [6.07, 6.45) is 5.85. The van der Waals surface area contributed by atoms with Crippen LogP contribution >= 0.6 is 0 Å². The van der Waals surface area contributed by atoms with Gasteiger partial charge in [0.2, 0.25) is 0 Å². The van der Waals surface area contributed by atoms with Crippen molar-refractivity contribution in [1.29, 1.82) is 0 Å². The fourth-order valence-corrected chi connectivity index (χ4v) is 2.51. The minimum absolute atomic E-state index is 0.689. The van der Waals surface area contributed by atoms with Gasteiger partial charge in [-0.25, -0.2) is 0 Å². The molecule has 0 amide bonds. The van der Waals surface area contributed by atoms with Crippen LogP contribution in [0.4, 0.5) is 0 Å². The van der Waals surface area contributed by atoms with Crippen LogP contribution in [0.15, 0.2) is 48.7 Å². The number of para-hydroxylation sites is 1. The summed E-state index contributed by atoms with van der Waals surface area (Å²) in [6, 6.07) is 14.0. The predicted octanol–water partition coefficient (Wildman–Crippen LogP) is 2.96. The number of benzene rings is 1. The van der Waals surface area contributed by atoms with E-state index in [9.17, 15) is 0 Å². The predicted molar refractivity (Wildman–Crippen MR) is 92.4 cm³/mol. The van der Waals surface area contributed by atoms with Crippen molar-refractivity contribution in [2.45, 2.75) is 0 Å². The molecule has 4 heteroatoms. The molecule has 4 nitrogen and oxygen atoms in total. The highest BCUT2D eigenvalue weighted by Crippen LogP contribution is 2.20. The van der Waals surface area contributed by atoms with E-state index in [0.717, 1.165) is 49.9 Å². The molecule has 1 aromatic carbocycles. The van der Waals surface area contributed by atoms with Crippen molar-refractivity contribution >= 4 is 12.2 Å². The number of nitrogens with zero attached hydrogens (tertiary/aromatic N) is 2. The summed E-state index contributed by atoms with van der Waals surface area (Å²) in [5.41, 5.74) is 2.01. The number of morpholine rings is 1. The molecule has 1 saturated heterocycles. The molecule has 0 unspecified atom stereocenters. The molecule has 1 fully saturated rings. The molecule has 23 heavy (non-hydrogen) atoms. The zero-order valence-electron chi connectivity index (χ0n) is 13.2. The summed E-state index contributed by atoms with van der Waals surface area (Å²) in [5.74, 6) is 0.910. The van der Waals surface area contributed by atoms with Crippen LogP contribution in [0.1, 0.15) is 11.3 Å². The number of hydrogen-bond donors (Lipinski definition) is 0. The van der Waals surface area contributed by atoms with Crippen molar-refractivity contribution in [3.63, 3.8) is 0 Å². The Morgan fingerprint density at radius 2 is 1.87 bits per heavy atom. The maximum Gasteiger partial charge on any atom is 0.126 e. The summed E-state index contributed by atoms with van der Waals surface area (Å²) in [7, 11) is 0. The van der Waals surface area contributed by atoms with Crippen LogP contribution in [-0.2, 0) is 4.74 Å². The minimum Gasteiger partial charge on any atom is -0.492 e. The molecular weight excluding hydrogens is 288 g/mol. The van der Waals surface area contributed by atoms with E-state index in [4.69, 9.17) is 9.47 Å². The summed E-state index contributed by atoms with van der Waals surface area (Å²) >= 11 is 0. The van der Waals surface area contributed by atoms with E-state index in [2.05, 4.69) is 16.0 Å². The maximum atomic E-state index is 5.97. The Morgan fingerprint density at radius 3 is 2.70 bits per heavy atom. The quantitative estimate of drug-likeness (QED) is 0.821. The third-order valence-electron chi connectivity index (χ3n) is 3.81. The number of pyridine rings is 1. The van der Waals surface area contributed by atoms with Crippen molar-refractivity contribution in [2.24, 2.45) is 0 Å². The van der Waals surface area contributed by atoms with Crippen molar-refractivity contribution in [3.8, 4) is 5.75 Å². The summed E-state index contributed by atoms with van der Waals surface area (Å²) in [6.45, 7) is 5.25. The zero-order valence-corrected chi connectivity index (χ0v) is 13.2. The van der Waals surface area contributed by atoms with Gasteiger partial charge in [0.05, 0.1) is 18.9 Å². The van der Waals surface area contributed by atoms with Crippen molar-refractivity contribution in [3.05, 3.63) is 59.9 Å². The highest BCUT2D eigenvalue weighted by atomic mass is 16.5. The molecule has 1 aromatic heterocycles. The third kappa shape index (κ3) is 4.91. The molecule has 2 heterocycles. The van der Waals surface area contributed by atoms with Gasteiger partial charge in [0.15, 0.2) is 0 Å². The van der Waals surface area contributed by atoms with Crippen LogP contribution in [0, 0.1) is 0 Å². The van der Waals surface area contributed by atoms with Gasteiger partial charge in [-0.05, 0) is 30.4 Å². The number of aromatic nitrogens is 1. The van der Waals surface area contributed by atoms with Crippen LogP contribution in [0.2, 0.25) is 0 Å². The van der Waals surface area contributed by atoms with E-state index in [0.29, 0.717) is 6.61 Å². The van der Waals surface area contributed by atoms with Crippen LogP contribution in [0.3, 0.4) is 0 Å². The molecule has 0 radical (unpaired) electrons. The van der Waals surface area contributed by atoms with E-state index in [-0.39, 0.29) is 0 Å². The average molecular weight is 310 g/mol. The Kier molecular flexibility index (Phi) is 5.78. The van der Waals surface area contributed by atoms with Crippen LogP contribution < -0.4 is 4.74 Å². The van der Waals surface area contributed by atoms with Gasteiger partial charge in [-0.15, -0.1) is 0 Å². The molecule has 3 rings (SSSR count). The smallest absolute Gasteiger partial charge is 0.126 e. The van der Waals surface area contributed by atoms with Crippen LogP contribution in [-0.4, -0.2) is 49.3 Å². The average Bonchev–Trinajstić information content (AvgIpc) is 2.63. The lowest BCUT2D eigenvalue weighted by Crippen LogP contribution is -2.38. The van der Waals surface area contributed by atoms with E-state index < -0.39 is 0 Å². The second-order valence-electron chi connectivity index (χ2n) is 5.43. The van der Waals surface area contributed by atoms with E-state index in [1.165, 1.54) is 0 Å². The minimum atomic E-state index is 0.689. The van der Waals surface area contributed by atoms with Gasteiger partial charge in [-0.3, -0.25) is 9.88 Å². The van der Waals surface area contributed by atoms with E-state index >= 15 is 0 Å². The van der Waals surface area contributed by atoms with Gasteiger partial charge in [-0.1, -0.05) is 24.3 Å². The van der Waals surface area contributed by atoms with Gasteiger partial charge < -0.3 is 9.47 Å². The first-order valence-corrected chi connectivity index (χ1v) is 8.03. The van der Waals surface area contributed by atoms with Gasteiger partial charge in [-0.2, -0.15) is 0 Å². The molecule has 1 aliphatic rings. The lowest BCUT2D eigenvalue weighted by molar-refractivity contribution is 0.0322. The molecule has 0 aliphatic carbocycles. The Morgan fingerprint density at radius 1 is 1.04 bits per heavy atom. The van der Waals surface area contributed by atoms with Crippen molar-refractivity contribution < 1.29 is 9.47 Å². The molecular formula is C19H22N2O2. The fraction of sp³-hybridized carbons (Fsp3) is 0.316. The zero-order chi connectivity index (χ0) is 15.7. The van der Waals surface area contributed by atoms with Crippen molar-refractivity contribution in [2.75, 3.05) is 39.5 Å². The molecule has 0 N–H and O–H groups in total. The Bertz CT molecular complexity index is 622. The molecule has 120 valence electrons. The SMILES string of the molecule is C(=Cc1ccccc1OCCN1CCOCC1)c1ccccn1. The molecule has 2 aromatic rings. The highest BCUT2D eigenvalue weighted by Gasteiger charge is 2.10. The van der Waals surface area contributed by atoms with E-state index in [1.807, 2.05) is 48.6 Å². The Labute approximate surface area is 137 Å². The highest BCUT2D eigenvalue weighted by molar-refractivity contribution is 5.71. The van der Waals surface area contributed by atoms with Gasteiger partial charge >= 0.3 is 0 Å². The third-order valence-corrected chi connectivity index (χ3v) is 3.81. The number of ether oxygens (including phenoxy) is 2. The lowest BCUT2D eigenvalue weighted by atomic mass is 10.1. The maximum absolute atomic E-state index is 5.97. The summed E-state index contributed by atoms with van der Waals surface area (Å²) in [4.78, 5) is 6.67. The second-order valence-corrected chi connectivity index (χ2v) is 5.43. The Hall–Kier alpha value is -2.17. The van der Waals surface area contributed by atoms with Gasteiger partial charge in [0.1, 0.15) is 12.4 Å². The first-order chi connectivity index (χ1) is 11.4. The largest absolute Gasteiger partial charge is 0.492 e. The topological polar surface area (TPSA) is 34.6 Å². The summed E-state index contributed by atoms with van der Waals surface area (Å²) < 4.78 is 11.3. The van der Waals surface area contributed by atoms with Crippen LogP contribution in [0.25, 0.3) is 12.2 Å². The fourth-order valence-electron chi connectivity index (χ4n) is 2.51. The molecule has 0 saturated carbocycles. The second kappa shape index (κ2) is 8.46. The number of rotatable bonds is 6. The molecule has 0 spiro atoms. The molecule has 0 atom stereocenters. The summed E-state index contributed by atoms with van der Waals surface area (Å²) in [5, 5.41) is 0. The van der Waals surface area contributed by atoms with Crippen molar-refractivity contribution in [1.82, 2.24) is 9.88 Å². The molecule has 1 aliphatic heterocycles. The van der Waals surface area contributed by atoms with Crippen LogP contribution in [0.5, 0.6) is 5.75 Å². The van der Waals surface area contributed by atoms with Gasteiger partial charge in [0, 0.05) is 31.4 Å². The normalized spacial score (nSPS) is 15.8. The first-order valence-electron chi connectivity index (χ1n) is 8.03. The van der Waals surface area contributed by atoms with E-state index in [1.54, 1.807) is 6.20 Å². The Balaban J connectivity index is 1.58. The monoisotopic (exact) mass is 310 g/mol. The standard InChI is InChI=1S/C19H22N2O2/c1-2-7-19(23-16-13-21-11-14-22-15-12-21)17(5-1)8-9-18-6-3-4-10-20-18/h1-10H,11-16H2. The first kappa shape index (κ1) is 15.7. The lowest BCUT2D eigenvalue weighted by Gasteiger charge is -2.26. The number of hydrogen-bond acceptors (Lipinski definition) is 4.